The van der Waals surface area contributed by atoms with Crippen LogP contribution in [0.1, 0.15) is 5.56 Å². The van der Waals surface area contributed by atoms with Crippen molar-refractivity contribution in [2.75, 3.05) is 0 Å². The predicted molar refractivity (Wildman–Crippen MR) is 37.1 cm³/mol. The fourth-order valence-electron chi connectivity index (χ4n) is 0.614. The Morgan fingerprint density at radius 2 is 1.67 bits per heavy atom. The molecule has 0 aliphatic rings. The van der Waals surface area contributed by atoms with Gasteiger partial charge in [0.05, 0.1) is 12.4 Å². The van der Waals surface area contributed by atoms with Gasteiger partial charge >= 0.3 is 0 Å². The van der Waals surface area contributed by atoms with Crippen molar-refractivity contribution in [3.63, 3.8) is 0 Å². The Morgan fingerprint density at radius 3 is 2.00 bits per heavy atom. The SMILES string of the molecule is NCc1ccccc1.[ClH2+]. The highest BCUT2D eigenvalue weighted by Crippen LogP contribution is 1.94. The topological polar surface area (TPSA) is 26.0 Å². The minimum Gasteiger partial charge on any atom is -0.326 e. The first-order valence-electron chi connectivity index (χ1n) is 2.67. The van der Waals surface area contributed by atoms with Gasteiger partial charge < -0.3 is 5.73 Å². The molecule has 0 aromatic heterocycles. The molecule has 0 saturated carbocycles. The van der Waals surface area contributed by atoms with Crippen molar-refractivity contribution in [2.45, 2.75) is 6.54 Å². The fraction of sp³-hybridized carbons (Fsp3) is 0.143. The Balaban J connectivity index is 0.000000640. The van der Waals surface area contributed by atoms with Crippen LogP contribution in [0.3, 0.4) is 0 Å². The Bertz CT molecular complexity index is 150. The summed E-state index contributed by atoms with van der Waals surface area (Å²) in [5, 5.41) is 0. The Morgan fingerprint density at radius 1 is 1.11 bits per heavy atom. The molecule has 2 N–H and O–H groups in total. The summed E-state index contributed by atoms with van der Waals surface area (Å²) in [6.07, 6.45) is 0. The molecule has 1 nitrogen and oxygen atoms in total. The molecule has 50 valence electrons. The smallest absolute Gasteiger partial charge is 0.0903 e. The molecule has 0 unspecified atom stereocenters. The normalized spacial score (nSPS) is 8.11. The molecular formula is C7H11ClN+. The molecule has 0 atom stereocenters. The highest BCUT2D eigenvalue weighted by molar-refractivity contribution is 5.13. The van der Waals surface area contributed by atoms with Gasteiger partial charge in [0.1, 0.15) is 0 Å². The summed E-state index contributed by atoms with van der Waals surface area (Å²) < 4.78 is 0. The van der Waals surface area contributed by atoms with E-state index in [4.69, 9.17) is 5.73 Å². The minimum atomic E-state index is 0. The van der Waals surface area contributed by atoms with Crippen molar-refractivity contribution in [1.29, 1.82) is 0 Å². The van der Waals surface area contributed by atoms with Crippen molar-refractivity contribution in [3.05, 3.63) is 35.9 Å². The van der Waals surface area contributed by atoms with Gasteiger partial charge in [-0.2, -0.15) is 0 Å². The lowest BCUT2D eigenvalue weighted by atomic mass is 10.2. The van der Waals surface area contributed by atoms with Crippen LogP contribution in [0.15, 0.2) is 30.3 Å². The average molecular weight is 145 g/mol. The Kier molecular flexibility index (Phi) is 4.10. The molecule has 1 aromatic rings. The van der Waals surface area contributed by atoms with Crippen LogP contribution in [-0.2, 0) is 6.54 Å². The molecule has 1 aromatic carbocycles. The summed E-state index contributed by atoms with van der Waals surface area (Å²) in [5.74, 6) is 0. The van der Waals surface area contributed by atoms with Crippen LogP contribution in [0.5, 0.6) is 0 Å². The van der Waals surface area contributed by atoms with Gasteiger partial charge in [0, 0.05) is 6.54 Å². The number of hydrogen-bond donors (Lipinski definition) is 1. The maximum absolute atomic E-state index is 5.35. The summed E-state index contributed by atoms with van der Waals surface area (Å²) >= 11 is 0. The van der Waals surface area contributed by atoms with Gasteiger partial charge in [-0.3, -0.25) is 0 Å². The maximum atomic E-state index is 5.35. The lowest BCUT2D eigenvalue weighted by Gasteiger charge is -1.90. The summed E-state index contributed by atoms with van der Waals surface area (Å²) in [6, 6.07) is 9.99. The van der Waals surface area contributed by atoms with E-state index in [0.717, 1.165) is 0 Å². The van der Waals surface area contributed by atoms with Crippen LogP contribution in [-0.4, -0.2) is 0 Å². The van der Waals surface area contributed by atoms with Gasteiger partial charge in [-0.25, -0.2) is 0 Å². The van der Waals surface area contributed by atoms with E-state index in [1.54, 1.807) is 0 Å². The molecule has 1 rings (SSSR count). The number of hydrogen-bond acceptors (Lipinski definition) is 1. The molecule has 0 fully saturated rings. The molecule has 0 saturated heterocycles. The maximum Gasteiger partial charge on any atom is 0.0903 e. The fourth-order valence-corrected chi connectivity index (χ4v) is 0.614. The molecule has 9 heavy (non-hydrogen) atoms. The second-order valence-electron chi connectivity index (χ2n) is 1.69. The largest absolute Gasteiger partial charge is 0.326 e. The van der Waals surface area contributed by atoms with E-state index in [1.165, 1.54) is 5.56 Å². The minimum absolute atomic E-state index is 0. The number of benzene rings is 1. The Labute approximate surface area is 61.3 Å². The third-order valence-corrected chi connectivity index (χ3v) is 1.08. The quantitative estimate of drug-likeness (QED) is 0.614. The van der Waals surface area contributed by atoms with Crippen LogP contribution in [0, 0.1) is 12.4 Å². The zero-order valence-electron chi connectivity index (χ0n) is 5.12. The molecule has 0 aliphatic heterocycles. The summed E-state index contributed by atoms with van der Waals surface area (Å²) in [4.78, 5) is 0. The molecule has 2 heteroatoms. The van der Waals surface area contributed by atoms with Crippen LogP contribution >= 0.6 is 0 Å². The first-order valence-corrected chi connectivity index (χ1v) is 2.67. The number of nitrogens with two attached hydrogens (primary N) is 1. The van der Waals surface area contributed by atoms with E-state index in [2.05, 4.69) is 0 Å². The van der Waals surface area contributed by atoms with Crippen LogP contribution in [0.4, 0.5) is 0 Å². The van der Waals surface area contributed by atoms with E-state index in [0.29, 0.717) is 6.54 Å². The van der Waals surface area contributed by atoms with E-state index in [-0.39, 0.29) is 12.4 Å². The zero-order chi connectivity index (χ0) is 5.82. The third-order valence-electron chi connectivity index (χ3n) is 1.08. The van der Waals surface area contributed by atoms with Gasteiger partial charge in [0.2, 0.25) is 0 Å². The second kappa shape index (κ2) is 4.36. The van der Waals surface area contributed by atoms with E-state index in [9.17, 15) is 0 Å². The molecule has 0 aliphatic carbocycles. The Hall–Kier alpha value is -0.530. The van der Waals surface area contributed by atoms with Crippen molar-refractivity contribution < 1.29 is 12.4 Å². The summed E-state index contributed by atoms with van der Waals surface area (Å²) in [5.41, 5.74) is 6.54. The van der Waals surface area contributed by atoms with Gasteiger partial charge in [-0.05, 0) is 5.56 Å². The first kappa shape index (κ1) is 8.47. The second-order valence-corrected chi connectivity index (χ2v) is 1.69. The van der Waals surface area contributed by atoms with Crippen molar-refractivity contribution in [3.8, 4) is 0 Å². The standard InChI is InChI=1S/C7H9N.ClH2/c8-6-7-4-2-1-3-5-7;/h1-5H,6,8H2;1H2/q;+1. The molecule has 0 radical (unpaired) electrons. The molecule has 0 spiro atoms. The highest BCUT2D eigenvalue weighted by Gasteiger charge is 1.80. The average Bonchev–Trinajstić information content (AvgIpc) is 1.90. The van der Waals surface area contributed by atoms with E-state index >= 15 is 0 Å². The molecule has 0 bridgehead atoms. The van der Waals surface area contributed by atoms with Crippen molar-refractivity contribution in [2.24, 2.45) is 5.73 Å². The van der Waals surface area contributed by atoms with Crippen molar-refractivity contribution in [1.82, 2.24) is 0 Å². The van der Waals surface area contributed by atoms with Crippen LogP contribution in [0.2, 0.25) is 0 Å². The lowest BCUT2D eigenvalue weighted by Crippen LogP contribution is -1.94. The van der Waals surface area contributed by atoms with Gasteiger partial charge in [-0.1, -0.05) is 30.3 Å². The van der Waals surface area contributed by atoms with Crippen molar-refractivity contribution >= 4 is 0 Å². The monoisotopic (exact) mass is 144 g/mol. The number of halogens is 1. The molecular weight excluding hydrogens is 134 g/mol. The summed E-state index contributed by atoms with van der Waals surface area (Å²) in [6.45, 7) is 0.640. The zero-order valence-corrected chi connectivity index (χ0v) is 6.01. The van der Waals surface area contributed by atoms with Gasteiger partial charge in [0.25, 0.3) is 0 Å². The van der Waals surface area contributed by atoms with E-state index < -0.39 is 0 Å². The van der Waals surface area contributed by atoms with Crippen LogP contribution < -0.4 is 5.73 Å². The van der Waals surface area contributed by atoms with Crippen LogP contribution in [0.25, 0.3) is 0 Å². The van der Waals surface area contributed by atoms with Gasteiger partial charge in [0.15, 0.2) is 0 Å². The third kappa shape index (κ3) is 2.49. The predicted octanol–water partition coefficient (Wildman–Crippen LogP) is 0.610. The molecule has 0 amide bonds. The highest BCUT2D eigenvalue weighted by atomic mass is 35.5. The molecule has 0 heterocycles. The number of rotatable bonds is 1. The van der Waals surface area contributed by atoms with Gasteiger partial charge in [-0.15, -0.1) is 0 Å². The first-order chi connectivity index (χ1) is 3.93. The lowest BCUT2D eigenvalue weighted by molar-refractivity contribution is -0.00000172. The van der Waals surface area contributed by atoms with E-state index in [1.807, 2.05) is 30.3 Å². The summed E-state index contributed by atoms with van der Waals surface area (Å²) in [7, 11) is 0.